The number of nitrogens with zero attached hydrogens (tertiary/aromatic N) is 3. The molecular weight excluding hydrogens is 410 g/mol. The number of unbranched alkanes of at least 4 members (excludes halogenated alkanes) is 4. The molecule has 0 amide bonds. The molecule has 32 heavy (non-hydrogen) atoms. The van der Waals surface area contributed by atoms with Gasteiger partial charge in [0.05, 0.1) is 26.4 Å². The summed E-state index contributed by atoms with van der Waals surface area (Å²) in [6.07, 6.45) is 8.24. The highest BCUT2D eigenvalue weighted by atomic mass is 16.7. The Hall–Kier alpha value is -1.81. The van der Waals surface area contributed by atoms with E-state index in [0.717, 1.165) is 51.4 Å². The fraction of sp³-hybridized carbons (Fsp3) is 0.783. The third kappa shape index (κ3) is 12.9. The Labute approximate surface area is 193 Å². The minimum Gasteiger partial charge on any atom is -0.335 e. The molecule has 0 saturated heterocycles. The summed E-state index contributed by atoms with van der Waals surface area (Å²) >= 11 is 0. The number of rotatable bonds is 21. The molecule has 2 N–H and O–H groups in total. The van der Waals surface area contributed by atoms with Crippen LogP contribution >= 0.6 is 0 Å². The predicted molar refractivity (Wildman–Crippen MR) is 128 cm³/mol. The second kappa shape index (κ2) is 18.7. The largest absolute Gasteiger partial charge is 0.335 e. The SMILES string of the molecule is C=Cc1nc(NC(OCCCC)OCCCC)nc(NC(OCCCC)OCCCC)n1. The maximum Gasteiger partial charge on any atom is 0.240 e. The molecule has 1 aromatic heterocycles. The number of nitrogens with one attached hydrogen (secondary N) is 2. The zero-order chi connectivity index (χ0) is 23.4. The van der Waals surface area contributed by atoms with Gasteiger partial charge in [-0.05, 0) is 31.8 Å². The van der Waals surface area contributed by atoms with Crippen LogP contribution in [0.25, 0.3) is 6.08 Å². The molecule has 0 bridgehead atoms. The highest BCUT2D eigenvalue weighted by Gasteiger charge is 2.16. The lowest BCUT2D eigenvalue weighted by Crippen LogP contribution is -2.31. The van der Waals surface area contributed by atoms with E-state index in [0.29, 0.717) is 44.1 Å². The molecule has 0 spiro atoms. The van der Waals surface area contributed by atoms with Gasteiger partial charge in [0.1, 0.15) is 0 Å². The van der Waals surface area contributed by atoms with Crippen molar-refractivity contribution in [2.45, 2.75) is 91.9 Å². The first-order valence-corrected chi connectivity index (χ1v) is 12.0. The van der Waals surface area contributed by atoms with Crippen molar-refractivity contribution < 1.29 is 18.9 Å². The molecule has 0 saturated carbocycles. The van der Waals surface area contributed by atoms with E-state index in [1.807, 2.05) is 0 Å². The van der Waals surface area contributed by atoms with Gasteiger partial charge in [0, 0.05) is 0 Å². The van der Waals surface area contributed by atoms with E-state index in [4.69, 9.17) is 18.9 Å². The fourth-order valence-electron chi connectivity index (χ4n) is 2.43. The standard InChI is InChI=1S/C23H43N5O4/c1-6-11-15-29-22(30-16-12-7-2)27-20-24-19(10-5)25-21(26-20)28-23(31-17-13-8-3)32-18-14-9-4/h10,22-23H,5-9,11-18H2,1-4H3,(H2,24,25,26,27,28). The van der Waals surface area contributed by atoms with E-state index in [1.165, 1.54) is 0 Å². The van der Waals surface area contributed by atoms with Gasteiger partial charge < -0.3 is 29.6 Å². The maximum atomic E-state index is 5.83. The van der Waals surface area contributed by atoms with E-state index in [9.17, 15) is 0 Å². The average molecular weight is 454 g/mol. The molecule has 0 fully saturated rings. The summed E-state index contributed by atoms with van der Waals surface area (Å²) in [6.45, 7) is 14.6. The van der Waals surface area contributed by atoms with Crippen LogP contribution in [0.1, 0.15) is 84.9 Å². The van der Waals surface area contributed by atoms with Gasteiger partial charge in [-0.3, -0.25) is 0 Å². The van der Waals surface area contributed by atoms with E-state index in [2.05, 4.69) is 59.9 Å². The molecule has 0 atom stereocenters. The summed E-state index contributed by atoms with van der Waals surface area (Å²) in [5, 5.41) is 6.23. The minimum absolute atomic E-state index is 0.330. The van der Waals surface area contributed by atoms with Crippen LogP contribution in [0.3, 0.4) is 0 Å². The summed E-state index contributed by atoms with van der Waals surface area (Å²) in [4.78, 5) is 13.2. The lowest BCUT2D eigenvalue weighted by atomic mass is 10.4. The number of aromatic nitrogens is 3. The van der Waals surface area contributed by atoms with Crippen LogP contribution in [0.15, 0.2) is 6.58 Å². The number of hydrogen-bond acceptors (Lipinski definition) is 9. The molecule has 1 heterocycles. The van der Waals surface area contributed by atoms with Gasteiger partial charge in [-0.25, -0.2) is 0 Å². The van der Waals surface area contributed by atoms with Gasteiger partial charge in [0.2, 0.25) is 24.7 Å². The zero-order valence-electron chi connectivity index (χ0n) is 20.4. The first-order valence-electron chi connectivity index (χ1n) is 12.0. The molecule has 9 nitrogen and oxygen atoms in total. The van der Waals surface area contributed by atoms with Crippen molar-refractivity contribution in [1.82, 2.24) is 15.0 Å². The Morgan fingerprint density at radius 1 is 0.656 bits per heavy atom. The first kappa shape index (κ1) is 28.2. The molecule has 0 aliphatic heterocycles. The Morgan fingerprint density at radius 3 is 1.28 bits per heavy atom. The molecule has 0 aromatic carbocycles. The number of hydrogen-bond donors (Lipinski definition) is 2. The highest BCUT2D eigenvalue weighted by Crippen LogP contribution is 2.12. The molecular formula is C23H43N5O4. The lowest BCUT2D eigenvalue weighted by Gasteiger charge is -2.21. The molecule has 0 aliphatic carbocycles. The van der Waals surface area contributed by atoms with E-state index < -0.39 is 12.8 Å². The number of ether oxygens (including phenoxy) is 4. The minimum atomic E-state index is -0.640. The molecule has 9 heteroatoms. The fourth-order valence-corrected chi connectivity index (χ4v) is 2.43. The second-order valence-corrected chi connectivity index (χ2v) is 7.39. The monoisotopic (exact) mass is 453 g/mol. The van der Waals surface area contributed by atoms with Crippen molar-refractivity contribution in [3.8, 4) is 0 Å². The van der Waals surface area contributed by atoms with Gasteiger partial charge in [-0.1, -0.05) is 60.0 Å². The maximum absolute atomic E-state index is 5.83. The Bertz CT molecular complexity index is 541. The van der Waals surface area contributed by atoms with Gasteiger partial charge in [-0.2, -0.15) is 15.0 Å². The number of anilines is 2. The average Bonchev–Trinajstić information content (AvgIpc) is 2.79. The van der Waals surface area contributed by atoms with Crippen LogP contribution in [0, 0.1) is 0 Å². The van der Waals surface area contributed by atoms with Crippen molar-refractivity contribution in [1.29, 1.82) is 0 Å². The molecule has 1 aromatic rings. The quantitative estimate of drug-likeness (QED) is 0.193. The van der Waals surface area contributed by atoms with Crippen molar-refractivity contribution in [3.05, 3.63) is 12.4 Å². The van der Waals surface area contributed by atoms with Crippen LogP contribution in [0.2, 0.25) is 0 Å². The molecule has 0 aliphatic rings. The zero-order valence-corrected chi connectivity index (χ0v) is 20.4. The third-order valence-electron chi connectivity index (χ3n) is 4.40. The second-order valence-electron chi connectivity index (χ2n) is 7.39. The van der Waals surface area contributed by atoms with Gasteiger partial charge in [0.25, 0.3) is 0 Å². The molecule has 0 unspecified atom stereocenters. The van der Waals surface area contributed by atoms with Crippen molar-refractivity contribution in [2.75, 3.05) is 37.1 Å². The van der Waals surface area contributed by atoms with Crippen LogP contribution < -0.4 is 10.6 Å². The summed E-state index contributed by atoms with van der Waals surface area (Å²) in [5.74, 6) is 1.08. The van der Waals surface area contributed by atoms with Gasteiger partial charge >= 0.3 is 0 Å². The normalized spacial score (nSPS) is 11.3. The summed E-state index contributed by atoms with van der Waals surface area (Å²) in [6, 6.07) is 0. The Kier molecular flexibility index (Phi) is 16.5. The van der Waals surface area contributed by atoms with Gasteiger partial charge in [-0.15, -0.1) is 0 Å². The Morgan fingerprint density at radius 2 is 1.00 bits per heavy atom. The van der Waals surface area contributed by atoms with Crippen LogP contribution in [-0.2, 0) is 18.9 Å². The molecule has 184 valence electrons. The van der Waals surface area contributed by atoms with E-state index in [-0.39, 0.29) is 0 Å². The summed E-state index contributed by atoms with van der Waals surface area (Å²) in [7, 11) is 0. The summed E-state index contributed by atoms with van der Waals surface area (Å²) in [5.41, 5.74) is 0. The van der Waals surface area contributed by atoms with Crippen LogP contribution in [0.4, 0.5) is 11.9 Å². The third-order valence-corrected chi connectivity index (χ3v) is 4.40. The first-order chi connectivity index (χ1) is 15.7. The van der Waals surface area contributed by atoms with Crippen molar-refractivity contribution in [2.24, 2.45) is 0 Å². The van der Waals surface area contributed by atoms with E-state index >= 15 is 0 Å². The molecule has 1 rings (SSSR count). The van der Waals surface area contributed by atoms with Crippen molar-refractivity contribution in [3.63, 3.8) is 0 Å². The van der Waals surface area contributed by atoms with Crippen molar-refractivity contribution >= 4 is 18.0 Å². The molecule has 0 radical (unpaired) electrons. The van der Waals surface area contributed by atoms with Crippen LogP contribution in [-0.4, -0.2) is 54.2 Å². The van der Waals surface area contributed by atoms with Crippen LogP contribution in [0.5, 0.6) is 0 Å². The highest BCUT2D eigenvalue weighted by molar-refractivity contribution is 5.44. The summed E-state index contributed by atoms with van der Waals surface area (Å²) < 4.78 is 23.3. The predicted octanol–water partition coefficient (Wildman–Crippen LogP) is 5.17. The lowest BCUT2D eigenvalue weighted by molar-refractivity contribution is -0.125. The topological polar surface area (TPSA) is 99.7 Å². The Balaban J connectivity index is 2.88. The van der Waals surface area contributed by atoms with Gasteiger partial charge in [0.15, 0.2) is 5.82 Å². The van der Waals surface area contributed by atoms with E-state index in [1.54, 1.807) is 6.08 Å². The smallest absolute Gasteiger partial charge is 0.240 e.